The third-order valence-corrected chi connectivity index (χ3v) is 4.65. The van der Waals surface area contributed by atoms with Crippen molar-refractivity contribution in [1.29, 1.82) is 0 Å². The van der Waals surface area contributed by atoms with Crippen LogP contribution < -0.4 is 5.32 Å². The molecule has 114 valence electrons. The van der Waals surface area contributed by atoms with Crippen LogP contribution in [0, 0.1) is 0 Å². The number of carbonyl (C=O) groups excluding carboxylic acids is 2. The van der Waals surface area contributed by atoms with E-state index in [0.717, 1.165) is 30.2 Å². The maximum atomic E-state index is 12.4. The summed E-state index contributed by atoms with van der Waals surface area (Å²) in [6.07, 6.45) is 4.24. The van der Waals surface area contributed by atoms with Gasteiger partial charge in [0, 0.05) is 10.9 Å². The van der Waals surface area contributed by atoms with Crippen LogP contribution in [0.1, 0.15) is 48.0 Å². The number of benzene rings is 1. The van der Waals surface area contributed by atoms with Crippen LogP contribution in [0.15, 0.2) is 24.3 Å². The fourth-order valence-corrected chi connectivity index (χ4v) is 3.14. The molecule has 0 aliphatic heterocycles. The molecule has 1 amide bonds. The first-order valence-electron chi connectivity index (χ1n) is 7.17. The lowest BCUT2D eigenvalue weighted by atomic mass is 9.81. The summed E-state index contributed by atoms with van der Waals surface area (Å²) in [6.45, 7) is 0. The number of hydrogen-bond donors (Lipinski definition) is 1. The number of methoxy groups -OCH3 is 1. The van der Waals surface area contributed by atoms with Crippen molar-refractivity contribution in [1.82, 2.24) is 5.32 Å². The highest BCUT2D eigenvalue weighted by molar-refractivity contribution is 9.08. The van der Waals surface area contributed by atoms with Gasteiger partial charge in [-0.25, -0.2) is 4.79 Å². The van der Waals surface area contributed by atoms with Gasteiger partial charge in [-0.3, -0.25) is 4.79 Å². The lowest BCUT2D eigenvalue weighted by Gasteiger charge is -2.35. The fourth-order valence-electron chi connectivity index (χ4n) is 2.77. The van der Waals surface area contributed by atoms with Gasteiger partial charge in [0.15, 0.2) is 0 Å². The number of ether oxygens (including phenoxy) is 1. The summed E-state index contributed by atoms with van der Waals surface area (Å²) in [5.74, 6) is -0.559. The topological polar surface area (TPSA) is 55.4 Å². The molecular weight excluding hydrogens is 334 g/mol. The van der Waals surface area contributed by atoms with Crippen LogP contribution in [0.5, 0.6) is 0 Å². The molecule has 21 heavy (non-hydrogen) atoms. The van der Waals surface area contributed by atoms with Crippen molar-refractivity contribution in [2.45, 2.75) is 43.0 Å². The Bertz CT molecular complexity index is 507. The zero-order valence-corrected chi connectivity index (χ0v) is 13.7. The minimum Gasteiger partial charge on any atom is -0.467 e. The standard InChI is InChI=1S/C16H20BrNO3/c1-21-15(20)16(9-3-2-4-10-16)18-14(19)13-7-5-12(11-17)6-8-13/h5-8H,2-4,9-11H2,1H3,(H,18,19). The van der Waals surface area contributed by atoms with Crippen LogP contribution in [-0.2, 0) is 14.9 Å². The summed E-state index contributed by atoms with van der Waals surface area (Å²) in [7, 11) is 1.37. The maximum absolute atomic E-state index is 12.4. The molecular formula is C16H20BrNO3. The molecule has 2 rings (SSSR count). The second kappa shape index (κ2) is 7.07. The average Bonchev–Trinajstić information content (AvgIpc) is 2.55. The fraction of sp³-hybridized carbons (Fsp3) is 0.500. The van der Waals surface area contributed by atoms with Crippen LogP contribution in [0.3, 0.4) is 0 Å². The van der Waals surface area contributed by atoms with Gasteiger partial charge in [-0.15, -0.1) is 0 Å². The molecule has 1 saturated carbocycles. The van der Waals surface area contributed by atoms with Gasteiger partial charge in [-0.2, -0.15) is 0 Å². The lowest BCUT2D eigenvalue weighted by molar-refractivity contribution is -0.149. The van der Waals surface area contributed by atoms with Gasteiger partial charge in [-0.05, 0) is 30.5 Å². The summed E-state index contributed by atoms with van der Waals surface area (Å²) >= 11 is 3.37. The van der Waals surface area contributed by atoms with E-state index in [1.807, 2.05) is 12.1 Å². The van der Waals surface area contributed by atoms with E-state index in [1.165, 1.54) is 7.11 Å². The van der Waals surface area contributed by atoms with E-state index in [4.69, 9.17) is 4.74 Å². The first-order chi connectivity index (χ1) is 10.1. The molecule has 0 bridgehead atoms. The van der Waals surface area contributed by atoms with Crippen molar-refractivity contribution in [3.8, 4) is 0 Å². The highest BCUT2D eigenvalue weighted by atomic mass is 79.9. The first kappa shape index (κ1) is 16.0. The SMILES string of the molecule is COC(=O)C1(NC(=O)c2ccc(CBr)cc2)CCCCC1. The Kier molecular flexibility index (Phi) is 5.39. The van der Waals surface area contributed by atoms with Crippen molar-refractivity contribution in [2.75, 3.05) is 7.11 Å². The van der Waals surface area contributed by atoms with Crippen LogP contribution in [0.4, 0.5) is 0 Å². The number of alkyl halides is 1. The van der Waals surface area contributed by atoms with E-state index in [9.17, 15) is 9.59 Å². The molecule has 0 saturated heterocycles. The molecule has 1 aromatic carbocycles. The molecule has 4 nitrogen and oxygen atoms in total. The second-order valence-corrected chi connectivity index (χ2v) is 5.98. The molecule has 1 N–H and O–H groups in total. The summed E-state index contributed by atoms with van der Waals surface area (Å²) < 4.78 is 4.91. The molecule has 0 unspecified atom stereocenters. The largest absolute Gasteiger partial charge is 0.467 e. The summed E-state index contributed by atoms with van der Waals surface area (Å²) in [5.41, 5.74) is 0.804. The van der Waals surface area contributed by atoms with E-state index in [1.54, 1.807) is 12.1 Å². The van der Waals surface area contributed by atoms with Crippen molar-refractivity contribution in [3.05, 3.63) is 35.4 Å². The number of esters is 1. The zero-order valence-electron chi connectivity index (χ0n) is 12.2. The number of halogens is 1. The predicted octanol–water partition coefficient (Wildman–Crippen LogP) is 3.19. The molecule has 1 aliphatic rings. The normalized spacial score (nSPS) is 17.0. The third-order valence-electron chi connectivity index (χ3n) is 4.01. The molecule has 1 aromatic rings. The van der Waals surface area contributed by atoms with Crippen LogP contribution >= 0.6 is 15.9 Å². The Morgan fingerprint density at radius 3 is 2.33 bits per heavy atom. The minimum atomic E-state index is -0.863. The monoisotopic (exact) mass is 353 g/mol. The van der Waals surface area contributed by atoms with E-state index in [-0.39, 0.29) is 11.9 Å². The van der Waals surface area contributed by atoms with Crippen molar-refractivity contribution >= 4 is 27.8 Å². The molecule has 0 aromatic heterocycles. The summed E-state index contributed by atoms with van der Waals surface area (Å²) in [5, 5.41) is 3.66. The molecule has 0 atom stereocenters. The summed E-state index contributed by atoms with van der Waals surface area (Å²) in [4.78, 5) is 24.5. The molecule has 0 heterocycles. The van der Waals surface area contributed by atoms with Crippen LogP contribution in [0.25, 0.3) is 0 Å². The van der Waals surface area contributed by atoms with E-state index < -0.39 is 5.54 Å². The number of rotatable bonds is 4. The first-order valence-corrected chi connectivity index (χ1v) is 8.29. The Morgan fingerprint density at radius 1 is 1.19 bits per heavy atom. The Hall–Kier alpha value is -1.36. The molecule has 1 aliphatic carbocycles. The smallest absolute Gasteiger partial charge is 0.331 e. The highest BCUT2D eigenvalue weighted by Crippen LogP contribution is 2.29. The number of hydrogen-bond acceptors (Lipinski definition) is 3. The average molecular weight is 354 g/mol. The lowest BCUT2D eigenvalue weighted by Crippen LogP contribution is -2.56. The Balaban J connectivity index is 2.15. The van der Waals surface area contributed by atoms with Gasteiger partial charge < -0.3 is 10.1 Å². The maximum Gasteiger partial charge on any atom is 0.331 e. The second-order valence-electron chi connectivity index (χ2n) is 5.42. The van der Waals surface area contributed by atoms with Gasteiger partial charge in [0.25, 0.3) is 5.91 Å². The van der Waals surface area contributed by atoms with E-state index >= 15 is 0 Å². The van der Waals surface area contributed by atoms with Gasteiger partial charge in [0.05, 0.1) is 7.11 Å². The Morgan fingerprint density at radius 2 is 1.81 bits per heavy atom. The molecule has 0 radical (unpaired) electrons. The molecule has 1 fully saturated rings. The number of carbonyl (C=O) groups is 2. The van der Waals surface area contributed by atoms with Gasteiger partial charge >= 0.3 is 5.97 Å². The molecule has 5 heteroatoms. The molecule has 0 spiro atoms. The summed E-state index contributed by atoms with van der Waals surface area (Å²) in [6, 6.07) is 7.35. The zero-order chi connectivity index (χ0) is 15.3. The predicted molar refractivity (Wildman–Crippen MR) is 84.4 cm³/mol. The van der Waals surface area contributed by atoms with Crippen LogP contribution in [-0.4, -0.2) is 24.5 Å². The van der Waals surface area contributed by atoms with E-state index in [2.05, 4.69) is 21.2 Å². The minimum absolute atomic E-state index is 0.219. The quantitative estimate of drug-likeness (QED) is 0.667. The van der Waals surface area contributed by atoms with Crippen LogP contribution in [0.2, 0.25) is 0 Å². The Labute approximate surface area is 133 Å². The van der Waals surface area contributed by atoms with Gasteiger partial charge in [0.1, 0.15) is 5.54 Å². The third kappa shape index (κ3) is 3.64. The van der Waals surface area contributed by atoms with Crippen molar-refractivity contribution in [2.24, 2.45) is 0 Å². The van der Waals surface area contributed by atoms with E-state index in [0.29, 0.717) is 18.4 Å². The van der Waals surface area contributed by atoms with Gasteiger partial charge in [-0.1, -0.05) is 47.3 Å². The van der Waals surface area contributed by atoms with Crippen molar-refractivity contribution < 1.29 is 14.3 Å². The number of amides is 1. The van der Waals surface area contributed by atoms with Gasteiger partial charge in [0.2, 0.25) is 0 Å². The van der Waals surface area contributed by atoms with Crippen molar-refractivity contribution in [3.63, 3.8) is 0 Å². The highest BCUT2D eigenvalue weighted by Gasteiger charge is 2.42. The number of nitrogens with one attached hydrogen (secondary N) is 1.